The molecule has 0 amide bonds. The lowest BCUT2D eigenvalue weighted by Crippen LogP contribution is -2.33. The summed E-state index contributed by atoms with van der Waals surface area (Å²) in [6.07, 6.45) is 6.40. The van der Waals surface area contributed by atoms with Crippen LogP contribution in [0.3, 0.4) is 0 Å². The summed E-state index contributed by atoms with van der Waals surface area (Å²) in [5, 5.41) is 7.79. The highest BCUT2D eigenvalue weighted by atomic mass is 15.3. The molecule has 0 spiro atoms. The molecule has 2 aromatic rings. The van der Waals surface area contributed by atoms with Crippen LogP contribution in [0, 0.1) is 5.92 Å². The Morgan fingerprint density at radius 1 is 1.28 bits per heavy atom. The maximum absolute atomic E-state index is 4.21. The van der Waals surface area contributed by atoms with E-state index >= 15 is 0 Å². The molecular formula is C15H19N3. The van der Waals surface area contributed by atoms with Gasteiger partial charge in [0, 0.05) is 24.1 Å². The van der Waals surface area contributed by atoms with E-state index in [1.165, 1.54) is 24.1 Å². The SMILES string of the molecule is CC1CC(Nc2ccc(Cn3cccn3)cc2)C1. The van der Waals surface area contributed by atoms with Crippen molar-refractivity contribution in [3.63, 3.8) is 0 Å². The first-order valence-electron chi connectivity index (χ1n) is 6.62. The van der Waals surface area contributed by atoms with Gasteiger partial charge in [0.05, 0.1) is 6.54 Å². The molecule has 0 unspecified atom stereocenters. The summed E-state index contributed by atoms with van der Waals surface area (Å²) in [5.74, 6) is 0.890. The predicted molar refractivity (Wildman–Crippen MR) is 73.6 cm³/mol. The molecular weight excluding hydrogens is 222 g/mol. The molecule has 1 saturated carbocycles. The van der Waals surface area contributed by atoms with E-state index in [-0.39, 0.29) is 0 Å². The van der Waals surface area contributed by atoms with Crippen LogP contribution in [-0.4, -0.2) is 15.8 Å². The van der Waals surface area contributed by atoms with Crippen LogP contribution in [0.25, 0.3) is 0 Å². The lowest BCUT2D eigenvalue weighted by molar-refractivity contribution is 0.309. The Balaban J connectivity index is 1.59. The zero-order chi connectivity index (χ0) is 12.4. The summed E-state index contributed by atoms with van der Waals surface area (Å²) in [6.45, 7) is 3.15. The van der Waals surface area contributed by atoms with Crippen LogP contribution in [0.5, 0.6) is 0 Å². The molecule has 0 atom stereocenters. The van der Waals surface area contributed by atoms with Crippen LogP contribution in [0.2, 0.25) is 0 Å². The van der Waals surface area contributed by atoms with E-state index in [0.29, 0.717) is 6.04 Å². The summed E-state index contributed by atoms with van der Waals surface area (Å²) < 4.78 is 1.94. The third-order valence-electron chi connectivity index (χ3n) is 3.60. The number of rotatable bonds is 4. The highest BCUT2D eigenvalue weighted by Gasteiger charge is 2.24. The second-order valence-corrected chi connectivity index (χ2v) is 5.32. The van der Waals surface area contributed by atoms with Gasteiger partial charge in [0.2, 0.25) is 0 Å². The zero-order valence-electron chi connectivity index (χ0n) is 10.7. The van der Waals surface area contributed by atoms with Gasteiger partial charge in [-0.3, -0.25) is 4.68 Å². The molecule has 1 N–H and O–H groups in total. The molecule has 1 aliphatic rings. The highest BCUT2D eigenvalue weighted by molar-refractivity contribution is 5.45. The molecule has 0 saturated heterocycles. The average Bonchev–Trinajstić information content (AvgIpc) is 2.82. The van der Waals surface area contributed by atoms with Crippen LogP contribution in [0.15, 0.2) is 42.7 Å². The van der Waals surface area contributed by atoms with Gasteiger partial charge < -0.3 is 5.32 Å². The summed E-state index contributed by atoms with van der Waals surface area (Å²) in [4.78, 5) is 0. The van der Waals surface area contributed by atoms with Gasteiger partial charge in [0.15, 0.2) is 0 Å². The first-order valence-corrected chi connectivity index (χ1v) is 6.62. The van der Waals surface area contributed by atoms with Crippen LogP contribution in [-0.2, 0) is 6.54 Å². The van der Waals surface area contributed by atoms with Crippen LogP contribution in [0.4, 0.5) is 5.69 Å². The number of benzene rings is 1. The van der Waals surface area contributed by atoms with E-state index in [1.807, 2.05) is 23.1 Å². The minimum atomic E-state index is 0.678. The molecule has 3 heteroatoms. The molecule has 3 rings (SSSR count). The van der Waals surface area contributed by atoms with E-state index in [0.717, 1.165) is 12.5 Å². The molecule has 1 aromatic heterocycles. The fourth-order valence-electron chi connectivity index (χ4n) is 2.54. The maximum Gasteiger partial charge on any atom is 0.0659 e. The summed E-state index contributed by atoms with van der Waals surface area (Å²) in [5.41, 5.74) is 2.52. The van der Waals surface area contributed by atoms with Crippen LogP contribution < -0.4 is 5.32 Å². The van der Waals surface area contributed by atoms with Crippen molar-refractivity contribution in [2.24, 2.45) is 5.92 Å². The lowest BCUT2D eigenvalue weighted by atomic mass is 9.82. The third-order valence-corrected chi connectivity index (χ3v) is 3.60. The van der Waals surface area contributed by atoms with Crippen LogP contribution in [0.1, 0.15) is 25.3 Å². The average molecular weight is 241 g/mol. The second kappa shape index (κ2) is 4.84. The quantitative estimate of drug-likeness (QED) is 0.891. The number of hydrogen-bond donors (Lipinski definition) is 1. The van der Waals surface area contributed by atoms with Crippen molar-refractivity contribution in [2.75, 3.05) is 5.32 Å². The summed E-state index contributed by atoms with van der Waals surface area (Å²) >= 11 is 0. The minimum absolute atomic E-state index is 0.678. The molecule has 1 aromatic carbocycles. The van der Waals surface area contributed by atoms with Gasteiger partial charge in [0.1, 0.15) is 0 Å². The van der Waals surface area contributed by atoms with Gasteiger partial charge in [0.25, 0.3) is 0 Å². The highest BCUT2D eigenvalue weighted by Crippen LogP contribution is 2.29. The number of nitrogens with zero attached hydrogens (tertiary/aromatic N) is 2. The minimum Gasteiger partial charge on any atom is -0.382 e. The lowest BCUT2D eigenvalue weighted by Gasteiger charge is -2.34. The molecule has 94 valence electrons. The fraction of sp³-hybridized carbons (Fsp3) is 0.400. The monoisotopic (exact) mass is 241 g/mol. The Morgan fingerprint density at radius 2 is 2.06 bits per heavy atom. The third kappa shape index (κ3) is 2.55. The van der Waals surface area contributed by atoms with Crippen molar-refractivity contribution in [1.29, 1.82) is 0 Å². The molecule has 1 aliphatic carbocycles. The maximum atomic E-state index is 4.21. The number of anilines is 1. The topological polar surface area (TPSA) is 29.9 Å². The van der Waals surface area contributed by atoms with E-state index < -0.39 is 0 Å². The van der Waals surface area contributed by atoms with Gasteiger partial charge in [-0.15, -0.1) is 0 Å². The van der Waals surface area contributed by atoms with Gasteiger partial charge in [-0.25, -0.2) is 0 Å². The first kappa shape index (κ1) is 11.3. The Hall–Kier alpha value is -1.77. The van der Waals surface area contributed by atoms with E-state index in [1.54, 1.807) is 0 Å². The van der Waals surface area contributed by atoms with E-state index in [9.17, 15) is 0 Å². The van der Waals surface area contributed by atoms with Gasteiger partial charge in [-0.1, -0.05) is 19.1 Å². The van der Waals surface area contributed by atoms with Crippen molar-refractivity contribution in [1.82, 2.24) is 9.78 Å². The first-order chi connectivity index (χ1) is 8.79. The Labute approximate surface area is 108 Å². The van der Waals surface area contributed by atoms with E-state index in [2.05, 4.69) is 41.6 Å². The Kier molecular flexibility index (Phi) is 3.05. The van der Waals surface area contributed by atoms with Crippen molar-refractivity contribution in [2.45, 2.75) is 32.4 Å². The molecule has 0 radical (unpaired) electrons. The molecule has 0 bridgehead atoms. The second-order valence-electron chi connectivity index (χ2n) is 5.32. The molecule has 1 fully saturated rings. The molecule has 18 heavy (non-hydrogen) atoms. The fourth-order valence-corrected chi connectivity index (χ4v) is 2.54. The number of nitrogens with one attached hydrogen (secondary N) is 1. The molecule has 0 aliphatic heterocycles. The van der Waals surface area contributed by atoms with Gasteiger partial charge in [-0.2, -0.15) is 5.10 Å². The van der Waals surface area contributed by atoms with Crippen molar-refractivity contribution >= 4 is 5.69 Å². The summed E-state index contributed by atoms with van der Waals surface area (Å²) in [7, 11) is 0. The van der Waals surface area contributed by atoms with Gasteiger partial charge in [-0.05, 0) is 42.5 Å². The standard InChI is InChI=1S/C15H19N3/c1-12-9-15(10-12)17-14-5-3-13(4-6-14)11-18-8-2-7-16-18/h2-8,12,15,17H,9-11H2,1H3. The number of hydrogen-bond acceptors (Lipinski definition) is 2. The summed E-state index contributed by atoms with van der Waals surface area (Å²) in [6, 6.07) is 11.3. The van der Waals surface area contributed by atoms with E-state index in [4.69, 9.17) is 0 Å². The normalized spacial score (nSPS) is 22.5. The smallest absolute Gasteiger partial charge is 0.0659 e. The Bertz CT molecular complexity index is 481. The largest absolute Gasteiger partial charge is 0.382 e. The Morgan fingerprint density at radius 3 is 2.67 bits per heavy atom. The van der Waals surface area contributed by atoms with Crippen molar-refractivity contribution in [3.05, 3.63) is 48.3 Å². The van der Waals surface area contributed by atoms with Crippen molar-refractivity contribution < 1.29 is 0 Å². The van der Waals surface area contributed by atoms with Gasteiger partial charge >= 0.3 is 0 Å². The predicted octanol–water partition coefficient (Wildman–Crippen LogP) is 3.14. The van der Waals surface area contributed by atoms with Crippen molar-refractivity contribution in [3.8, 4) is 0 Å². The molecule has 1 heterocycles. The van der Waals surface area contributed by atoms with Crippen LogP contribution >= 0.6 is 0 Å². The zero-order valence-corrected chi connectivity index (χ0v) is 10.7. The number of aromatic nitrogens is 2. The molecule has 3 nitrogen and oxygen atoms in total.